The van der Waals surface area contributed by atoms with E-state index in [-0.39, 0.29) is 0 Å². The number of hydrogen-bond donors (Lipinski definition) is 1. The number of hydrogen-bond acceptors (Lipinski definition) is 4. The van der Waals surface area contributed by atoms with E-state index in [4.69, 9.17) is 9.52 Å². The van der Waals surface area contributed by atoms with Crippen molar-refractivity contribution < 1.29 is 27.3 Å². The summed E-state index contributed by atoms with van der Waals surface area (Å²) in [5.74, 6) is 0.431. The van der Waals surface area contributed by atoms with Gasteiger partial charge in [-0.15, -0.1) is 0 Å². The lowest BCUT2D eigenvalue weighted by Crippen LogP contribution is -2.07. The third-order valence-electron chi connectivity index (χ3n) is 4.30. The summed E-state index contributed by atoms with van der Waals surface area (Å²) in [5.41, 5.74) is 4.49. The summed E-state index contributed by atoms with van der Waals surface area (Å²) < 4.78 is 28.7. The number of aliphatic carboxylic acids is 1. The lowest BCUT2D eigenvalue weighted by Gasteiger charge is -2.02. The van der Waals surface area contributed by atoms with Crippen LogP contribution in [0.3, 0.4) is 0 Å². The van der Waals surface area contributed by atoms with E-state index in [1.165, 1.54) is 5.56 Å². The van der Waals surface area contributed by atoms with E-state index in [1.54, 1.807) is 0 Å². The van der Waals surface area contributed by atoms with Gasteiger partial charge in [0.05, 0.1) is 34.6 Å². The Bertz CT molecular complexity index is 1010. The molecule has 3 aromatic carbocycles. The van der Waals surface area contributed by atoms with E-state index in [2.05, 4.69) is 64.8 Å². The van der Waals surface area contributed by atoms with E-state index in [1.807, 2.05) is 42.5 Å². The Morgan fingerprint density at radius 3 is 1.50 bits per heavy atom. The number of carbonyl (C=O) groups is 1. The lowest BCUT2D eigenvalue weighted by atomic mass is 10.0. The van der Waals surface area contributed by atoms with E-state index in [0.717, 1.165) is 28.2 Å². The third-order valence-corrected chi connectivity index (χ3v) is 4.61. The molecule has 1 N–H and O–H groups in total. The summed E-state index contributed by atoms with van der Waals surface area (Å²) in [7, 11) is 0. The molecule has 0 amide bonds. The van der Waals surface area contributed by atoms with Crippen molar-refractivity contribution in [1.82, 2.24) is 0 Å². The van der Waals surface area contributed by atoms with Crippen LogP contribution in [0.2, 0.25) is 0 Å². The van der Waals surface area contributed by atoms with Gasteiger partial charge in [0.2, 0.25) is 0 Å². The molecule has 1 aromatic heterocycles. The Morgan fingerprint density at radius 1 is 0.750 bits per heavy atom. The molecule has 1 atom stereocenters. The molecule has 0 aliphatic carbocycles. The highest BCUT2D eigenvalue weighted by molar-refractivity contribution is 7.74. The molecule has 32 heavy (non-hydrogen) atoms. The molecule has 0 saturated heterocycles. The van der Waals surface area contributed by atoms with Gasteiger partial charge < -0.3 is 9.66 Å². The molecule has 4 aromatic rings. The van der Waals surface area contributed by atoms with Crippen LogP contribution in [0, 0.1) is 0 Å². The van der Waals surface area contributed by atoms with Crippen LogP contribution in [0.4, 0.5) is 0 Å². The quantitative estimate of drug-likeness (QED) is 0.311. The number of rotatable bonds is 6. The zero-order chi connectivity index (χ0) is 22.8. The van der Waals surface area contributed by atoms with Crippen LogP contribution < -0.4 is 0 Å². The summed E-state index contributed by atoms with van der Waals surface area (Å²) in [5, 5.41) is 7.76. The van der Waals surface area contributed by atoms with Crippen molar-refractivity contribution in [1.29, 1.82) is 0 Å². The molecule has 0 bridgehead atoms. The van der Waals surface area contributed by atoms with Gasteiger partial charge in [-0.05, 0) is 29.8 Å². The van der Waals surface area contributed by atoms with E-state index in [0.29, 0.717) is 0 Å². The smallest absolute Gasteiger partial charge is 0.361 e. The molecule has 7 heteroatoms. The Labute approximate surface area is 188 Å². The lowest BCUT2D eigenvalue weighted by molar-refractivity contribution is -0.139. The van der Waals surface area contributed by atoms with E-state index in [9.17, 15) is 13.6 Å². The monoisotopic (exact) mass is 448 g/mol. The fourth-order valence-corrected chi connectivity index (χ4v) is 3.08. The normalized spacial score (nSPS) is 11.2. The standard InChI is InChI=1S/C23H17O.C2H4O5S/c1-4-10-18(11-5-1)21-16-22(19-12-6-2-7-13-19)24-23(17-21)20-14-8-3-9-15-20;3-2(4)1-7-8(5)6/h1-17H;1H2,(H,3,4)(H,5,6)/q+1;/p-1. The predicted molar refractivity (Wildman–Crippen MR) is 122 cm³/mol. The first-order valence-electron chi connectivity index (χ1n) is 9.61. The maximum atomic E-state index is 9.51. The van der Waals surface area contributed by atoms with Gasteiger partial charge in [-0.25, -0.2) is 13.4 Å². The zero-order valence-electron chi connectivity index (χ0n) is 16.9. The Hall–Kier alpha value is -3.65. The number of carboxylic acid groups (broad SMARTS) is 1. The summed E-state index contributed by atoms with van der Waals surface area (Å²) in [6.07, 6.45) is 0. The van der Waals surface area contributed by atoms with Gasteiger partial charge >= 0.3 is 17.5 Å². The first-order valence-corrected chi connectivity index (χ1v) is 10.6. The van der Waals surface area contributed by atoms with Gasteiger partial charge in [0.25, 0.3) is 0 Å². The Balaban J connectivity index is 0.000000312. The zero-order valence-corrected chi connectivity index (χ0v) is 17.7. The summed E-state index contributed by atoms with van der Waals surface area (Å²) in [6.45, 7) is -0.809. The van der Waals surface area contributed by atoms with Gasteiger partial charge in [0, 0.05) is 5.56 Å². The molecule has 0 aliphatic rings. The Morgan fingerprint density at radius 2 is 1.16 bits per heavy atom. The highest BCUT2D eigenvalue weighted by Gasteiger charge is 2.20. The van der Waals surface area contributed by atoms with Crippen molar-refractivity contribution in [3.05, 3.63) is 103 Å². The van der Waals surface area contributed by atoms with Crippen LogP contribution in [0.25, 0.3) is 33.8 Å². The van der Waals surface area contributed by atoms with Crippen molar-refractivity contribution in [3.63, 3.8) is 0 Å². The molecule has 162 valence electrons. The number of benzene rings is 3. The third kappa shape index (κ3) is 6.95. The summed E-state index contributed by atoms with van der Waals surface area (Å²) in [4.78, 5) is 9.51. The molecule has 0 radical (unpaired) electrons. The molecule has 1 unspecified atom stereocenters. The molecular formula is C25H20O6S. The van der Waals surface area contributed by atoms with Gasteiger partial charge in [-0.2, -0.15) is 0 Å². The highest BCUT2D eigenvalue weighted by atomic mass is 32.2. The van der Waals surface area contributed by atoms with Crippen LogP contribution in [0.15, 0.2) is 108 Å². The molecule has 4 rings (SSSR count). The average Bonchev–Trinajstić information content (AvgIpc) is 2.84. The minimum Gasteiger partial charge on any atom is -0.750 e. The minimum atomic E-state index is -2.72. The second-order valence-electron chi connectivity index (χ2n) is 6.53. The molecular weight excluding hydrogens is 428 g/mol. The second kappa shape index (κ2) is 11.7. The molecule has 0 spiro atoms. The second-order valence-corrected chi connectivity index (χ2v) is 7.18. The average molecular weight is 448 g/mol. The van der Waals surface area contributed by atoms with Gasteiger partial charge in [-0.1, -0.05) is 66.7 Å². The molecule has 0 fully saturated rings. The van der Waals surface area contributed by atoms with E-state index >= 15 is 0 Å². The van der Waals surface area contributed by atoms with Gasteiger partial charge in [-0.3, -0.25) is 4.18 Å². The van der Waals surface area contributed by atoms with Crippen LogP contribution in [-0.4, -0.2) is 26.4 Å². The summed E-state index contributed by atoms with van der Waals surface area (Å²) >= 11 is -2.72. The highest BCUT2D eigenvalue weighted by Crippen LogP contribution is 2.32. The van der Waals surface area contributed by atoms with Crippen molar-refractivity contribution in [2.24, 2.45) is 0 Å². The van der Waals surface area contributed by atoms with Crippen LogP contribution in [0.1, 0.15) is 0 Å². The molecule has 0 saturated carbocycles. The molecule has 0 aliphatic heterocycles. The minimum absolute atomic E-state index is 0.809. The van der Waals surface area contributed by atoms with Crippen molar-refractivity contribution in [2.75, 3.05) is 6.61 Å². The van der Waals surface area contributed by atoms with Crippen molar-refractivity contribution >= 4 is 17.3 Å². The fraction of sp³-hybridized carbons (Fsp3) is 0.0400. The molecule has 6 nitrogen and oxygen atoms in total. The largest absolute Gasteiger partial charge is 0.750 e. The van der Waals surface area contributed by atoms with Gasteiger partial charge in [0.1, 0.15) is 0 Å². The first-order chi connectivity index (χ1) is 15.5. The maximum absolute atomic E-state index is 9.51. The van der Waals surface area contributed by atoms with Crippen molar-refractivity contribution in [2.45, 2.75) is 0 Å². The SMILES string of the molecule is O=C(O)COS(=O)[O-].c1ccc(-c2cc(-c3ccccc3)[o+]c(-c3ccccc3)c2)cc1. The van der Waals surface area contributed by atoms with Crippen LogP contribution in [0.5, 0.6) is 0 Å². The number of carboxylic acids is 1. The van der Waals surface area contributed by atoms with Crippen LogP contribution in [-0.2, 0) is 20.3 Å². The van der Waals surface area contributed by atoms with Crippen molar-refractivity contribution in [3.8, 4) is 33.8 Å². The Kier molecular flexibility index (Phi) is 8.39. The van der Waals surface area contributed by atoms with E-state index < -0.39 is 23.9 Å². The predicted octanol–water partition coefficient (Wildman–Crippen LogP) is 5.44. The topological polar surface area (TPSA) is 98.0 Å². The van der Waals surface area contributed by atoms with Gasteiger partial charge in [0.15, 0.2) is 6.61 Å². The molecule has 1 heterocycles. The first kappa shape index (κ1) is 23.0. The van der Waals surface area contributed by atoms with Crippen LogP contribution >= 0.6 is 0 Å². The maximum Gasteiger partial charge on any atom is 0.361 e. The summed E-state index contributed by atoms with van der Waals surface area (Å²) in [6, 6.07) is 35.1. The fourth-order valence-electron chi connectivity index (χ4n) is 2.89.